The molecule has 86 valence electrons. The Morgan fingerprint density at radius 2 is 1.25 bits per heavy atom. The van der Waals surface area contributed by atoms with Crippen LogP contribution in [0.5, 0.6) is 0 Å². The Morgan fingerprint density at radius 3 is 1.62 bits per heavy atom. The molecule has 1 heterocycles. The third kappa shape index (κ3) is 4.91. The molecule has 0 N–H and O–H groups in total. The molecule has 0 fully saturated rings. The second-order valence-corrected chi connectivity index (χ2v) is 5.01. The van der Waals surface area contributed by atoms with Gasteiger partial charge in [-0.1, -0.05) is 0 Å². The van der Waals surface area contributed by atoms with Crippen molar-refractivity contribution in [2.75, 3.05) is 37.9 Å². The first-order chi connectivity index (χ1) is 7.88. The highest BCUT2D eigenvalue weighted by Crippen LogP contribution is 2.26. The Labute approximate surface area is 104 Å². The maximum absolute atomic E-state index is 8.93. The topological polar surface area (TPSA) is 66.0 Å². The molecular formula is C10H12N2O2S2. The lowest BCUT2D eigenvalue weighted by atomic mass is 10.5. The quantitative estimate of drug-likeness (QED) is 0.658. The van der Waals surface area contributed by atoms with Gasteiger partial charge in [0.05, 0.1) is 26.4 Å². The van der Waals surface area contributed by atoms with Crippen molar-refractivity contribution in [3.8, 4) is 12.1 Å². The van der Waals surface area contributed by atoms with E-state index in [2.05, 4.69) is 12.1 Å². The summed E-state index contributed by atoms with van der Waals surface area (Å²) in [6, 6.07) is 4.12. The summed E-state index contributed by atoms with van der Waals surface area (Å²) in [5.41, 5.74) is 0. The maximum atomic E-state index is 8.93. The van der Waals surface area contributed by atoms with Crippen LogP contribution >= 0.6 is 23.5 Å². The average molecular weight is 256 g/mol. The predicted octanol–water partition coefficient (Wildman–Crippen LogP) is 1.76. The van der Waals surface area contributed by atoms with Crippen molar-refractivity contribution in [3.05, 3.63) is 9.81 Å². The highest BCUT2D eigenvalue weighted by atomic mass is 32.2. The SMILES string of the molecule is N#CC1=C(C#N)SCCOCCOCCS1. The van der Waals surface area contributed by atoms with Crippen molar-refractivity contribution >= 4 is 23.5 Å². The number of hydrogen-bond acceptors (Lipinski definition) is 6. The summed E-state index contributed by atoms with van der Waals surface area (Å²) in [5.74, 6) is 1.38. The normalized spacial score (nSPS) is 20.1. The van der Waals surface area contributed by atoms with Crippen molar-refractivity contribution in [2.24, 2.45) is 0 Å². The van der Waals surface area contributed by atoms with Gasteiger partial charge in [-0.25, -0.2) is 0 Å². The second kappa shape index (κ2) is 8.49. The Hall–Kier alpha value is -0.660. The van der Waals surface area contributed by atoms with Gasteiger partial charge >= 0.3 is 0 Å². The second-order valence-electron chi connectivity index (χ2n) is 2.80. The fourth-order valence-electron chi connectivity index (χ4n) is 1.02. The van der Waals surface area contributed by atoms with Crippen LogP contribution in [0.1, 0.15) is 0 Å². The number of rotatable bonds is 0. The Kier molecular flexibility index (Phi) is 7.11. The zero-order chi connectivity index (χ0) is 11.6. The highest BCUT2D eigenvalue weighted by molar-refractivity contribution is 8.07. The molecule has 0 saturated carbocycles. The van der Waals surface area contributed by atoms with Crippen LogP contribution in [0.15, 0.2) is 9.81 Å². The first-order valence-corrected chi connectivity index (χ1v) is 6.81. The molecule has 0 unspecified atom stereocenters. The van der Waals surface area contributed by atoms with Crippen LogP contribution in [-0.4, -0.2) is 37.9 Å². The first-order valence-electron chi connectivity index (χ1n) is 4.84. The molecule has 0 radical (unpaired) electrons. The number of nitriles is 2. The number of hydrogen-bond donors (Lipinski definition) is 0. The molecular weight excluding hydrogens is 244 g/mol. The molecule has 0 atom stereocenters. The van der Waals surface area contributed by atoms with Gasteiger partial charge in [0.25, 0.3) is 0 Å². The monoisotopic (exact) mass is 256 g/mol. The van der Waals surface area contributed by atoms with E-state index in [0.29, 0.717) is 47.7 Å². The molecule has 6 heteroatoms. The largest absolute Gasteiger partial charge is 0.378 e. The van der Waals surface area contributed by atoms with Crippen molar-refractivity contribution < 1.29 is 9.47 Å². The van der Waals surface area contributed by atoms with E-state index in [9.17, 15) is 0 Å². The number of allylic oxidation sites excluding steroid dienone is 2. The molecule has 1 aliphatic heterocycles. The van der Waals surface area contributed by atoms with Crippen LogP contribution in [0.4, 0.5) is 0 Å². The van der Waals surface area contributed by atoms with Gasteiger partial charge in [-0.05, 0) is 0 Å². The Balaban J connectivity index is 2.63. The maximum Gasteiger partial charge on any atom is 0.109 e. The lowest BCUT2D eigenvalue weighted by Crippen LogP contribution is -2.09. The molecule has 4 nitrogen and oxygen atoms in total. The minimum atomic E-state index is 0.483. The fraction of sp³-hybridized carbons (Fsp3) is 0.600. The molecule has 0 aromatic heterocycles. The van der Waals surface area contributed by atoms with Crippen LogP contribution in [0.2, 0.25) is 0 Å². The number of nitrogens with zero attached hydrogens (tertiary/aromatic N) is 2. The van der Waals surface area contributed by atoms with E-state index in [0.717, 1.165) is 0 Å². The number of ether oxygens (including phenoxy) is 2. The van der Waals surface area contributed by atoms with E-state index < -0.39 is 0 Å². The van der Waals surface area contributed by atoms with Crippen LogP contribution in [0, 0.1) is 22.7 Å². The molecule has 0 aliphatic carbocycles. The van der Waals surface area contributed by atoms with Gasteiger partial charge in [-0.15, -0.1) is 23.5 Å². The van der Waals surface area contributed by atoms with Gasteiger partial charge in [-0.2, -0.15) is 10.5 Å². The summed E-state index contributed by atoms with van der Waals surface area (Å²) in [6.45, 7) is 2.31. The third-order valence-corrected chi connectivity index (χ3v) is 3.77. The van der Waals surface area contributed by atoms with Crippen molar-refractivity contribution in [2.45, 2.75) is 0 Å². The standard InChI is InChI=1S/C10H12N2O2S2/c11-7-9-10(8-12)16-6-4-14-2-1-13-3-5-15-9/h1-6H2. The van der Waals surface area contributed by atoms with Crippen LogP contribution in [0.3, 0.4) is 0 Å². The molecule has 0 aromatic rings. The molecule has 1 aliphatic rings. The molecule has 0 saturated heterocycles. The van der Waals surface area contributed by atoms with E-state index in [1.807, 2.05) is 0 Å². The van der Waals surface area contributed by atoms with Crippen molar-refractivity contribution in [3.63, 3.8) is 0 Å². The third-order valence-electron chi connectivity index (χ3n) is 1.73. The molecule has 16 heavy (non-hydrogen) atoms. The van der Waals surface area contributed by atoms with E-state index in [-0.39, 0.29) is 0 Å². The zero-order valence-electron chi connectivity index (χ0n) is 8.77. The highest BCUT2D eigenvalue weighted by Gasteiger charge is 2.08. The molecule has 1 rings (SSSR count). The summed E-state index contributed by atoms with van der Waals surface area (Å²) in [4.78, 5) is 0.966. The minimum Gasteiger partial charge on any atom is -0.378 e. The van der Waals surface area contributed by atoms with Crippen LogP contribution in [0.25, 0.3) is 0 Å². The van der Waals surface area contributed by atoms with Crippen LogP contribution < -0.4 is 0 Å². The molecule has 0 amide bonds. The summed E-state index contributed by atoms with van der Waals surface area (Å²) in [6.07, 6.45) is 0. The van der Waals surface area contributed by atoms with Gasteiger partial charge in [0.2, 0.25) is 0 Å². The smallest absolute Gasteiger partial charge is 0.109 e. The Morgan fingerprint density at radius 1 is 0.812 bits per heavy atom. The first kappa shape index (κ1) is 13.4. The molecule has 0 aromatic carbocycles. The average Bonchev–Trinajstić information content (AvgIpc) is 2.30. The molecule has 0 bridgehead atoms. The predicted molar refractivity (Wildman–Crippen MR) is 64.8 cm³/mol. The van der Waals surface area contributed by atoms with Crippen LogP contribution in [-0.2, 0) is 9.47 Å². The fourth-order valence-corrected chi connectivity index (χ4v) is 2.67. The zero-order valence-corrected chi connectivity index (χ0v) is 10.4. The van der Waals surface area contributed by atoms with E-state index in [4.69, 9.17) is 20.0 Å². The summed E-state index contributed by atoms with van der Waals surface area (Å²) in [7, 11) is 0. The number of thioether (sulfide) groups is 2. The van der Waals surface area contributed by atoms with E-state index in [1.165, 1.54) is 23.5 Å². The van der Waals surface area contributed by atoms with Gasteiger partial charge in [0.1, 0.15) is 21.9 Å². The van der Waals surface area contributed by atoms with Gasteiger partial charge < -0.3 is 9.47 Å². The van der Waals surface area contributed by atoms with Crippen molar-refractivity contribution in [1.29, 1.82) is 10.5 Å². The lowest BCUT2D eigenvalue weighted by Gasteiger charge is -2.08. The summed E-state index contributed by atoms with van der Waals surface area (Å²) >= 11 is 2.76. The van der Waals surface area contributed by atoms with Gasteiger partial charge in [-0.3, -0.25) is 0 Å². The summed E-state index contributed by atoms with van der Waals surface area (Å²) < 4.78 is 10.6. The minimum absolute atomic E-state index is 0.483. The van der Waals surface area contributed by atoms with Gasteiger partial charge in [0, 0.05) is 11.5 Å². The summed E-state index contributed by atoms with van der Waals surface area (Å²) in [5, 5.41) is 17.9. The van der Waals surface area contributed by atoms with E-state index in [1.54, 1.807) is 0 Å². The van der Waals surface area contributed by atoms with Gasteiger partial charge in [0.15, 0.2) is 0 Å². The Bertz CT molecular complexity index is 299. The molecule has 0 spiro atoms. The lowest BCUT2D eigenvalue weighted by molar-refractivity contribution is 0.0605. The van der Waals surface area contributed by atoms with E-state index >= 15 is 0 Å². The van der Waals surface area contributed by atoms with Crippen molar-refractivity contribution in [1.82, 2.24) is 0 Å².